The highest BCUT2D eigenvalue weighted by Crippen LogP contribution is 2.15. The zero-order chi connectivity index (χ0) is 14.9. The molecule has 1 aromatic carbocycles. The molecule has 7 heteroatoms. The summed E-state index contributed by atoms with van der Waals surface area (Å²) in [5.41, 5.74) is 0.404. The Morgan fingerprint density at radius 2 is 2.15 bits per heavy atom. The summed E-state index contributed by atoms with van der Waals surface area (Å²) in [7, 11) is 0. The SMILES string of the molecule is Cc1ccc(C(=O)N2CC(=O)NCC2C(=O)O)c(F)c1. The lowest BCUT2D eigenvalue weighted by Gasteiger charge is -2.32. The number of benzene rings is 1. The molecule has 6 nitrogen and oxygen atoms in total. The number of carbonyl (C=O) groups is 3. The Hall–Kier alpha value is -2.44. The number of nitrogens with one attached hydrogen (secondary N) is 1. The first-order chi connectivity index (χ1) is 9.40. The molecule has 106 valence electrons. The molecule has 0 aromatic heterocycles. The van der Waals surface area contributed by atoms with Gasteiger partial charge in [-0.25, -0.2) is 9.18 Å². The summed E-state index contributed by atoms with van der Waals surface area (Å²) in [5.74, 6) is -3.25. The Kier molecular flexibility index (Phi) is 3.69. The number of hydrogen-bond acceptors (Lipinski definition) is 3. The van der Waals surface area contributed by atoms with Gasteiger partial charge in [-0.3, -0.25) is 9.59 Å². The van der Waals surface area contributed by atoms with Gasteiger partial charge in [-0.05, 0) is 24.6 Å². The molecule has 20 heavy (non-hydrogen) atoms. The van der Waals surface area contributed by atoms with Crippen molar-refractivity contribution in [2.24, 2.45) is 0 Å². The van der Waals surface area contributed by atoms with Gasteiger partial charge < -0.3 is 15.3 Å². The van der Waals surface area contributed by atoms with Crippen LogP contribution in [-0.2, 0) is 9.59 Å². The molecule has 1 atom stereocenters. The maximum Gasteiger partial charge on any atom is 0.328 e. The lowest BCUT2D eigenvalue weighted by Crippen LogP contribution is -2.59. The third-order valence-electron chi connectivity index (χ3n) is 3.08. The van der Waals surface area contributed by atoms with Crippen molar-refractivity contribution in [2.45, 2.75) is 13.0 Å². The molecule has 0 radical (unpaired) electrons. The first kappa shape index (κ1) is 14.0. The van der Waals surface area contributed by atoms with E-state index >= 15 is 0 Å². The highest BCUT2D eigenvalue weighted by atomic mass is 19.1. The number of nitrogens with zero attached hydrogens (tertiary/aromatic N) is 1. The van der Waals surface area contributed by atoms with Crippen LogP contribution in [-0.4, -0.2) is 46.9 Å². The van der Waals surface area contributed by atoms with Gasteiger partial charge in [0.15, 0.2) is 0 Å². The van der Waals surface area contributed by atoms with Crippen LogP contribution >= 0.6 is 0 Å². The Labute approximate surface area is 114 Å². The fraction of sp³-hybridized carbons (Fsp3) is 0.308. The fourth-order valence-corrected chi connectivity index (χ4v) is 2.02. The van der Waals surface area contributed by atoms with Crippen LogP contribution < -0.4 is 5.32 Å². The van der Waals surface area contributed by atoms with E-state index in [1.807, 2.05) is 0 Å². The molecule has 2 amide bonds. The van der Waals surface area contributed by atoms with Gasteiger partial charge in [0.25, 0.3) is 5.91 Å². The van der Waals surface area contributed by atoms with Crippen LogP contribution in [0.25, 0.3) is 0 Å². The first-order valence-electron chi connectivity index (χ1n) is 5.97. The summed E-state index contributed by atoms with van der Waals surface area (Å²) in [6.45, 7) is 1.09. The first-order valence-corrected chi connectivity index (χ1v) is 5.97. The minimum atomic E-state index is -1.24. The molecule has 1 unspecified atom stereocenters. The van der Waals surface area contributed by atoms with E-state index in [4.69, 9.17) is 5.11 Å². The summed E-state index contributed by atoms with van der Waals surface area (Å²) in [5, 5.41) is 11.4. The Morgan fingerprint density at radius 3 is 2.75 bits per heavy atom. The molecular weight excluding hydrogens is 267 g/mol. The van der Waals surface area contributed by atoms with Crippen LogP contribution in [0.3, 0.4) is 0 Å². The summed E-state index contributed by atoms with van der Waals surface area (Å²) in [4.78, 5) is 35.5. The third kappa shape index (κ3) is 2.61. The quantitative estimate of drug-likeness (QED) is 0.808. The number of hydrogen-bond donors (Lipinski definition) is 2. The number of rotatable bonds is 2. The van der Waals surface area contributed by atoms with E-state index < -0.39 is 36.2 Å². The maximum absolute atomic E-state index is 13.8. The van der Waals surface area contributed by atoms with Gasteiger partial charge in [0.2, 0.25) is 5.91 Å². The number of halogens is 1. The number of amides is 2. The number of piperazine rings is 1. The van der Waals surface area contributed by atoms with Gasteiger partial charge in [-0.1, -0.05) is 6.07 Å². The van der Waals surface area contributed by atoms with E-state index in [2.05, 4.69) is 5.32 Å². The topological polar surface area (TPSA) is 86.7 Å². The smallest absolute Gasteiger partial charge is 0.328 e. The summed E-state index contributed by atoms with van der Waals surface area (Å²) >= 11 is 0. The van der Waals surface area contributed by atoms with Crippen molar-refractivity contribution in [2.75, 3.05) is 13.1 Å². The average Bonchev–Trinajstić information content (AvgIpc) is 2.37. The molecule has 1 aromatic rings. The van der Waals surface area contributed by atoms with Crippen LogP contribution in [0.1, 0.15) is 15.9 Å². The molecule has 0 aliphatic carbocycles. The van der Waals surface area contributed by atoms with Crippen LogP contribution in [0.5, 0.6) is 0 Å². The number of carboxylic acid groups (broad SMARTS) is 1. The van der Waals surface area contributed by atoms with Gasteiger partial charge >= 0.3 is 5.97 Å². The highest BCUT2D eigenvalue weighted by molar-refractivity contribution is 6.00. The number of aliphatic carboxylic acids is 1. The Balaban J connectivity index is 2.33. The normalized spacial score (nSPS) is 18.6. The number of carbonyl (C=O) groups excluding carboxylic acids is 2. The lowest BCUT2D eigenvalue weighted by molar-refractivity contribution is -0.144. The monoisotopic (exact) mass is 280 g/mol. The van der Waals surface area contributed by atoms with E-state index in [1.54, 1.807) is 13.0 Å². The molecule has 0 bridgehead atoms. The highest BCUT2D eigenvalue weighted by Gasteiger charge is 2.36. The lowest BCUT2D eigenvalue weighted by atomic mass is 10.1. The minimum absolute atomic E-state index is 0.187. The van der Waals surface area contributed by atoms with Gasteiger partial charge in [0.05, 0.1) is 5.56 Å². The summed E-state index contributed by atoms with van der Waals surface area (Å²) in [6, 6.07) is 2.84. The van der Waals surface area contributed by atoms with Gasteiger partial charge in [-0.15, -0.1) is 0 Å². The predicted molar refractivity (Wildman–Crippen MR) is 66.6 cm³/mol. The summed E-state index contributed by atoms with van der Waals surface area (Å²) < 4.78 is 13.8. The minimum Gasteiger partial charge on any atom is -0.480 e. The van der Waals surface area contributed by atoms with Crippen molar-refractivity contribution in [1.82, 2.24) is 10.2 Å². The predicted octanol–water partition coefficient (Wildman–Crippen LogP) is 0.159. The molecule has 1 heterocycles. The standard InChI is InChI=1S/C13H13FN2O4/c1-7-2-3-8(9(14)4-7)12(18)16-6-11(17)15-5-10(16)13(19)20/h2-4,10H,5-6H2,1H3,(H,15,17)(H,19,20). The van der Waals surface area contributed by atoms with Crippen molar-refractivity contribution in [3.05, 3.63) is 35.1 Å². The maximum atomic E-state index is 13.8. The zero-order valence-corrected chi connectivity index (χ0v) is 10.7. The molecule has 2 rings (SSSR count). The van der Waals surface area contributed by atoms with E-state index in [-0.39, 0.29) is 12.1 Å². The van der Waals surface area contributed by atoms with Crippen LogP contribution in [0.4, 0.5) is 4.39 Å². The van der Waals surface area contributed by atoms with E-state index in [9.17, 15) is 18.8 Å². The van der Waals surface area contributed by atoms with Crippen molar-refractivity contribution < 1.29 is 23.9 Å². The molecule has 1 aliphatic heterocycles. The number of aryl methyl sites for hydroxylation is 1. The third-order valence-corrected chi connectivity index (χ3v) is 3.08. The molecule has 1 fully saturated rings. The molecule has 1 aliphatic rings. The van der Waals surface area contributed by atoms with Crippen LogP contribution in [0.2, 0.25) is 0 Å². The second-order valence-corrected chi connectivity index (χ2v) is 4.57. The fourth-order valence-electron chi connectivity index (χ4n) is 2.02. The molecule has 1 saturated heterocycles. The second-order valence-electron chi connectivity index (χ2n) is 4.57. The Morgan fingerprint density at radius 1 is 1.45 bits per heavy atom. The molecule has 0 saturated carbocycles. The van der Waals surface area contributed by atoms with E-state index in [1.165, 1.54) is 12.1 Å². The second kappa shape index (κ2) is 5.28. The zero-order valence-electron chi connectivity index (χ0n) is 10.7. The molecule has 2 N–H and O–H groups in total. The van der Waals surface area contributed by atoms with Crippen molar-refractivity contribution in [3.8, 4) is 0 Å². The molecule has 0 spiro atoms. The molecular formula is C13H13FN2O4. The van der Waals surface area contributed by atoms with Crippen molar-refractivity contribution >= 4 is 17.8 Å². The van der Waals surface area contributed by atoms with Crippen molar-refractivity contribution in [3.63, 3.8) is 0 Å². The van der Waals surface area contributed by atoms with Crippen LogP contribution in [0.15, 0.2) is 18.2 Å². The van der Waals surface area contributed by atoms with Gasteiger partial charge in [0.1, 0.15) is 18.4 Å². The van der Waals surface area contributed by atoms with Crippen LogP contribution in [0, 0.1) is 12.7 Å². The van der Waals surface area contributed by atoms with E-state index in [0.717, 1.165) is 4.90 Å². The van der Waals surface area contributed by atoms with Gasteiger partial charge in [-0.2, -0.15) is 0 Å². The number of carboxylic acids is 1. The van der Waals surface area contributed by atoms with E-state index in [0.29, 0.717) is 5.56 Å². The van der Waals surface area contributed by atoms with Crippen molar-refractivity contribution in [1.29, 1.82) is 0 Å². The average molecular weight is 280 g/mol. The van der Waals surface area contributed by atoms with Gasteiger partial charge in [0, 0.05) is 6.54 Å². The Bertz CT molecular complexity index is 588. The largest absolute Gasteiger partial charge is 0.480 e. The summed E-state index contributed by atoms with van der Waals surface area (Å²) in [6.07, 6.45) is 0.